The standard InChI is InChI=1S/C26H27FN2O5S/c1-33-24-10-6-9-21(25(24)34-2)22-16-29(35(31,32)20-7-4-3-5-8-20)17-23(22)26(30)28-15-18-11-13-19(27)14-12-18/h3-14,22-23H,15-17H2,1-2H3,(H,28,30). The highest BCUT2D eigenvalue weighted by molar-refractivity contribution is 7.89. The molecule has 3 aromatic rings. The van der Waals surface area contributed by atoms with Gasteiger partial charge in [0, 0.05) is 31.1 Å². The van der Waals surface area contributed by atoms with Crippen LogP contribution in [0.3, 0.4) is 0 Å². The summed E-state index contributed by atoms with van der Waals surface area (Å²) in [4.78, 5) is 13.5. The second-order valence-corrected chi connectivity index (χ2v) is 10.2. The molecule has 3 aromatic carbocycles. The van der Waals surface area contributed by atoms with Crippen molar-refractivity contribution in [3.8, 4) is 11.5 Å². The normalized spacial score (nSPS) is 18.3. The first-order chi connectivity index (χ1) is 16.8. The molecule has 7 nitrogen and oxygen atoms in total. The Hall–Kier alpha value is -3.43. The zero-order valence-electron chi connectivity index (χ0n) is 19.5. The molecule has 1 aliphatic rings. The number of amides is 1. The van der Waals surface area contributed by atoms with Crippen molar-refractivity contribution in [3.05, 3.63) is 89.7 Å². The van der Waals surface area contributed by atoms with Crippen molar-refractivity contribution in [2.24, 2.45) is 5.92 Å². The summed E-state index contributed by atoms with van der Waals surface area (Å²) in [5, 5.41) is 2.88. The number of hydrogen-bond acceptors (Lipinski definition) is 5. The van der Waals surface area contributed by atoms with Gasteiger partial charge in [-0.3, -0.25) is 4.79 Å². The Bertz CT molecular complexity index is 1280. The summed E-state index contributed by atoms with van der Waals surface area (Å²) in [6.45, 7) is 0.315. The number of benzene rings is 3. The second kappa shape index (κ2) is 10.5. The molecule has 35 heavy (non-hydrogen) atoms. The highest BCUT2D eigenvalue weighted by Gasteiger charge is 2.44. The Balaban J connectivity index is 1.66. The lowest BCUT2D eigenvalue weighted by Gasteiger charge is -2.22. The van der Waals surface area contributed by atoms with E-state index in [2.05, 4.69) is 5.32 Å². The van der Waals surface area contributed by atoms with Crippen LogP contribution < -0.4 is 14.8 Å². The van der Waals surface area contributed by atoms with Crippen molar-refractivity contribution in [1.82, 2.24) is 9.62 Å². The van der Waals surface area contributed by atoms with E-state index in [1.54, 1.807) is 54.6 Å². The average Bonchev–Trinajstić information content (AvgIpc) is 3.34. The number of rotatable bonds is 8. The number of hydrogen-bond donors (Lipinski definition) is 1. The topological polar surface area (TPSA) is 84.9 Å². The fourth-order valence-corrected chi connectivity index (χ4v) is 5.93. The first-order valence-electron chi connectivity index (χ1n) is 11.1. The monoisotopic (exact) mass is 498 g/mol. The van der Waals surface area contributed by atoms with Crippen molar-refractivity contribution >= 4 is 15.9 Å². The molecule has 1 amide bonds. The van der Waals surface area contributed by atoms with E-state index >= 15 is 0 Å². The van der Waals surface area contributed by atoms with Crippen molar-refractivity contribution in [3.63, 3.8) is 0 Å². The molecule has 0 aromatic heterocycles. The van der Waals surface area contributed by atoms with Gasteiger partial charge in [-0.15, -0.1) is 0 Å². The SMILES string of the molecule is COc1cccc(C2CN(S(=O)(=O)c3ccccc3)CC2C(=O)NCc2ccc(F)cc2)c1OC. The molecule has 1 fully saturated rings. The third kappa shape index (κ3) is 5.16. The Morgan fingerprint density at radius 3 is 2.34 bits per heavy atom. The third-order valence-electron chi connectivity index (χ3n) is 6.22. The number of para-hydroxylation sites is 1. The number of ether oxygens (including phenoxy) is 2. The van der Waals surface area contributed by atoms with Gasteiger partial charge in [-0.1, -0.05) is 42.5 Å². The number of nitrogens with zero attached hydrogens (tertiary/aromatic N) is 1. The minimum Gasteiger partial charge on any atom is -0.493 e. The summed E-state index contributed by atoms with van der Waals surface area (Å²) in [5.41, 5.74) is 1.43. The van der Waals surface area contributed by atoms with Gasteiger partial charge in [-0.05, 0) is 35.9 Å². The molecule has 1 aliphatic heterocycles. The van der Waals surface area contributed by atoms with Gasteiger partial charge in [0.2, 0.25) is 15.9 Å². The summed E-state index contributed by atoms with van der Waals surface area (Å²) in [6, 6.07) is 19.4. The van der Waals surface area contributed by atoms with Crippen LogP contribution in [0.15, 0.2) is 77.7 Å². The Labute approximate surface area is 204 Å². The first-order valence-corrected chi connectivity index (χ1v) is 12.6. The van der Waals surface area contributed by atoms with E-state index in [0.29, 0.717) is 17.1 Å². The largest absolute Gasteiger partial charge is 0.493 e. The predicted molar refractivity (Wildman–Crippen MR) is 129 cm³/mol. The van der Waals surface area contributed by atoms with Gasteiger partial charge in [0.25, 0.3) is 0 Å². The van der Waals surface area contributed by atoms with E-state index in [1.165, 1.54) is 30.7 Å². The van der Waals surface area contributed by atoms with E-state index in [4.69, 9.17) is 9.47 Å². The van der Waals surface area contributed by atoms with E-state index in [9.17, 15) is 17.6 Å². The zero-order valence-corrected chi connectivity index (χ0v) is 20.3. The molecular formula is C26H27FN2O5S. The fourth-order valence-electron chi connectivity index (χ4n) is 4.41. The van der Waals surface area contributed by atoms with Crippen LogP contribution in [0.1, 0.15) is 17.0 Å². The smallest absolute Gasteiger partial charge is 0.243 e. The number of carbonyl (C=O) groups is 1. The minimum atomic E-state index is -3.81. The number of sulfonamides is 1. The van der Waals surface area contributed by atoms with Gasteiger partial charge >= 0.3 is 0 Å². The highest BCUT2D eigenvalue weighted by atomic mass is 32.2. The molecule has 1 N–H and O–H groups in total. The molecular weight excluding hydrogens is 471 g/mol. The van der Waals surface area contributed by atoms with Crippen LogP contribution in [-0.4, -0.2) is 45.9 Å². The van der Waals surface area contributed by atoms with Crippen molar-refractivity contribution in [1.29, 1.82) is 0 Å². The molecule has 184 valence electrons. The van der Waals surface area contributed by atoms with Crippen LogP contribution in [0.4, 0.5) is 4.39 Å². The predicted octanol–water partition coefficient (Wildman–Crippen LogP) is 3.56. The van der Waals surface area contributed by atoms with Crippen molar-refractivity contribution in [2.45, 2.75) is 17.4 Å². The van der Waals surface area contributed by atoms with Gasteiger partial charge in [0.15, 0.2) is 11.5 Å². The molecule has 0 radical (unpaired) electrons. The second-order valence-electron chi connectivity index (χ2n) is 8.28. The summed E-state index contributed by atoms with van der Waals surface area (Å²) >= 11 is 0. The van der Waals surface area contributed by atoms with Crippen molar-refractivity contribution in [2.75, 3.05) is 27.3 Å². The van der Waals surface area contributed by atoms with Crippen molar-refractivity contribution < 1.29 is 27.1 Å². The average molecular weight is 499 g/mol. The van der Waals surface area contributed by atoms with E-state index in [1.807, 2.05) is 6.07 Å². The maximum Gasteiger partial charge on any atom is 0.243 e. The molecule has 0 spiro atoms. The Morgan fingerprint density at radius 2 is 1.69 bits per heavy atom. The fraction of sp³-hybridized carbons (Fsp3) is 0.269. The number of carbonyl (C=O) groups excluding carboxylic acids is 1. The number of halogens is 1. The lowest BCUT2D eigenvalue weighted by molar-refractivity contribution is -0.125. The molecule has 2 atom stereocenters. The van der Waals surface area contributed by atoms with Crippen LogP contribution in [0, 0.1) is 11.7 Å². The molecule has 1 saturated heterocycles. The van der Waals surface area contributed by atoms with Crippen LogP contribution >= 0.6 is 0 Å². The third-order valence-corrected chi connectivity index (χ3v) is 8.06. The number of methoxy groups -OCH3 is 2. The van der Waals surface area contributed by atoms with Crippen LogP contribution in [0.5, 0.6) is 11.5 Å². The molecule has 1 heterocycles. The summed E-state index contributed by atoms with van der Waals surface area (Å²) in [6.07, 6.45) is 0. The molecule has 0 aliphatic carbocycles. The quantitative estimate of drug-likeness (QED) is 0.513. The van der Waals surface area contributed by atoms with Crippen LogP contribution in [0.25, 0.3) is 0 Å². The van der Waals surface area contributed by atoms with Gasteiger partial charge in [-0.2, -0.15) is 4.31 Å². The molecule has 2 unspecified atom stereocenters. The van der Waals surface area contributed by atoms with Crippen LogP contribution in [-0.2, 0) is 21.4 Å². The molecule has 4 rings (SSSR count). The van der Waals surface area contributed by atoms with Gasteiger partial charge in [-0.25, -0.2) is 12.8 Å². The minimum absolute atomic E-state index is 0.0114. The lowest BCUT2D eigenvalue weighted by atomic mass is 9.87. The Kier molecular flexibility index (Phi) is 7.37. The maximum absolute atomic E-state index is 13.4. The van der Waals surface area contributed by atoms with Crippen LogP contribution in [0.2, 0.25) is 0 Å². The van der Waals surface area contributed by atoms with Gasteiger partial charge in [0.1, 0.15) is 5.82 Å². The summed E-state index contributed by atoms with van der Waals surface area (Å²) < 4.78 is 52.3. The number of nitrogens with one attached hydrogen (secondary N) is 1. The Morgan fingerprint density at radius 1 is 0.971 bits per heavy atom. The van der Waals surface area contributed by atoms with E-state index in [0.717, 1.165) is 5.56 Å². The highest BCUT2D eigenvalue weighted by Crippen LogP contribution is 2.43. The summed E-state index contributed by atoms with van der Waals surface area (Å²) in [7, 11) is -0.778. The van der Waals surface area contributed by atoms with E-state index in [-0.39, 0.29) is 36.3 Å². The molecule has 9 heteroatoms. The van der Waals surface area contributed by atoms with Gasteiger partial charge < -0.3 is 14.8 Å². The summed E-state index contributed by atoms with van der Waals surface area (Å²) in [5.74, 6) is -0.824. The lowest BCUT2D eigenvalue weighted by Crippen LogP contribution is -2.35. The van der Waals surface area contributed by atoms with E-state index < -0.39 is 21.9 Å². The maximum atomic E-state index is 13.4. The first kappa shape index (κ1) is 24.7. The zero-order chi connectivity index (χ0) is 25.0. The van der Waals surface area contributed by atoms with Gasteiger partial charge in [0.05, 0.1) is 25.0 Å². The molecule has 0 bridgehead atoms. The molecule has 0 saturated carbocycles.